The van der Waals surface area contributed by atoms with Crippen molar-refractivity contribution in [3.8, 4) is 0 Å². The van der Waals surface area contributed by atoms with Gasteiger partial charge in [-0.2, -0.15) is 13.2 Å². The molecule has 0 radical (unpaired) electrons. The molecule has 0 amide bonds. The van der Waals surface area contributed by atoms with Crippen LogP contribution in [0.3, 0.4) is 0 Å². The molecule has 3 heteroatoms. The van der Waals surface area contributed by atoms with Crippen molar-refractivity contribution in [2.45, 2.75) is 50.6 Å². The molecule has 94 valence electrons. The van der Waals surface area contributed by atoms with Crippen LogP contribution in [0.25, 0.3) is 0 Å². The van der Waals surface area contributed by atoms with Crippen molar-refractivity contribution >= 4 is 0 Å². The van der Waals surface area contributed by atoms with Crippen LogP contribution in [-0.2, 0) is 6.42 Å². The molecular formula is C14H17F3. The number of halogens is 3. The molecule has 1 aromatic rings. The Balaban J connectivity index is 2.10. The summed E-state index contributed by atoms with van der Waals surface area (Å²) in [4.78, 5) is 0. The summed E-state index contributed by atoms with van der Waals surface area (Å²) in [6, 6.07) is 7.03. The minimum absolute atomic E-state index is 0.389. The fourth-order valence-electron chi connectivity index (χ4n) is 2.62. The second kappa shape index (κ2) is 5.11. The lowest BCUT2D eigenvalue weighted by atomic mass is 9.83. The molecule has 1 fully saturated rings. The first kappa shape index (κ1) is 12.5. The Kier molecular flexibility index (Phi) is 3.75. The topological polar surface area (TPSA) is 0 Å². The van der Waals surface area contributed by atoms with E-state index in [9.17, 15) is 13.2 Å². The SMILES string of the molecule is FC(F)(F)Cc1cccc(C2CCCCC2)c1. The molecule has 0 aromatic heterocycles. The van der Waals surface area contributed by atoms with Crippen LogP contribution in [-0.4, -0.2) is 6.18 Å². The van der Waals surface area contributed by atoms with Crippen molar-refractivity contribution in [1.82, 2.24) is 0 Å². The smallest absolute Gasteiger partial charge is 0.171 e. The van der Waals surface area contributed by atoms with E-state index in [2.05, 4.69) is 0 Å². The van der Waals surface area contributed by atoms with Crippen LogP contribution in [0, 0.1) is 0 Å². The highest BCUT2D eigenvalue weighted by Crippen LogP contribution is 2.33. The van der Waals surface area contributed by atoms with Crippen LogP contribution in [0.2, 0.25) is 0 Å². The van der Waals surface area contributed by atoms with Crippen molar-refractivity contribution in [2.75, 3.05) is 0 Å². The van der Waals surface area contributed by atoms with Crippen molar-refractivity contribution in [3.63, 3.8) is 0 Å². The van der Waals surface area contributed by atoms with Gasteiger partial charge in [0.15, 0.2) is 0 Å². The van der Waals surface area contributed by atoms with Crippen LogP contribution >= 0.6 is 0 Å². The molecule has 1 saturated carbocycles. The van der Waals surface area contributed by atoms with E-state index < -0.39 is 12.6 Å². The van der Waals surface area contributed by atoms with Gasteiger partial charge in [-0.3, -0.25) is 0 Å². The molecule has 0 heterocycles. The molecule has 1 aliphatic carbocycles. The zero-order chi connectivity index (χ0) is 12.3. The molecule has 0 atom stereocenters. The summed E-state index contributed by atoms with van der Waals surface area (Å²) in [5, 5.41) is 0. The highest BCUT2D eigenvalue weighted by Gasteiger charge is 2.27. The van der Waals surface area contributed by atoms with Gasteiger partial charge in [0.2, 0.25) is 0 Å². The standard InChI is InChI=1S/C14H17F3/c15-14(16,17)10-11-5-4-8-13(9-11)12-6-2-1-3-7-12/h4-5,8-9,12H,1-3,6-7,10H2. The second-order valence-corrected chi connectivity index (χ2v) is 4.87. The summed E-state index contributed by atoms with van der Waals surface area (Å²) >= 11 is 0. The van der Waals surface area contributed by atoms with Gasteiger partial charge in [-0.1, -0.05) is 43.5 Å². The number of alkyl halides is 3. The Morgan fingerprint density at radius 3 is 2.41 bits per heavy atom. The number of rotatable bonds is 2. The maximum absolute atomic E-state index is 12.3. The Labute approximate surface area is 99.8 Å². The van der Waals surface area contributed by atoms with Gasteiger partial charge in [0.25, 0.3) is 0 Å². The van der Waals surface area contributed by atoms with E-state index in [0.29, 0.717) is 11.5 Å². The van der Waals surface area contributed by atoms with Crippen LogP contribution < -0.4 is 0 Å². The molecule has 0 spiro atoms. The van der Waals surface area contributed by atoms with Gasteiger partial charge in [0, 0.05) is 0 Å². The first-order chi connectivity index (χ1) is 8.04. The maximum Gasteiger partial charge on any atom is 0.393 e. The predicted molar refractivity (Wildman–Crippen MR) is 62.0 cm³/mol. The summed E-state index contributed by atoms with van der Waals surface area (Å²) in [7, 11) is 0. The number of benzene rings is 1. The van der Waals surface area contributed by atoms with Crippen LogP contribution in [0.15, 0.2) is 24.3 Å². The molecule has 0 saturated heterocycles. The average molecular weight is 242 g/mol. The first-order valence-electron chi connectivity index (χ1n) is 6.20. The summed E-state index contributed by atoms with van der Waals surface area (Å²) in [5.74, 6) is 0.469. The van der Waals surface area contributed by atoms with Gasteiger partial charge in [0.05, 0.1) is 6.42 Å². The van der Waals surface area contributed by atoms with Gasteiger partial charge in [-0.15, -0.1) is 0 Å². The van der Waals surface area contributed by atoms with Gasteiger partial charge < -0.3 is 0 Å². The lowest BCUT2D eigenvalue weighted by Gasteiger charge is -2.22. The summed E-state index contributed by atoms with van der Waals surface area (Å²) in [6.07, 6.45) is 0.991. The molecule has 0 nitrogen and oxygen atoms in total. The third kappa shape index (κ3) is 3.76. The largest absolute Gasteiger partial charge is 0.393 e. The Morgan fingerprint density at radius 1 is 1.06 bits per heavy atom. The third-order valence-corrected chi connectivity index (χ3v) is 3.43. The van der Waals surface area contributed by atoms with E-state index in [0.717, 1.165) is 18.4 Å². The summed E-state index contributed by atoms with van der Waals surface area (Å²) < 4.78 is 36.9. The van der Waals surface area contributed by atoms with Crippen molar-refractivity contribution in [3.05, 3.63) is 35.4 Å². The number of hydrogen-bond acceptors (Lipinski definition) is 0. The lowest BCUT2D eigenvalue weighted by Crippen LogP contribution is -2.12. The normalized spacial score (nSPS) is 18.3. The van der Waals surface area contributed by atoms with Crippen molar-refractivity contribution in [2.24, 2.45) is 0 Å². The Morgan fingerprint density at radius 2 is 1.76 bits per heavy atom. The molecule has 1 aliphatic rings. The summed E-state index contributed by atoms with van der Waals surface area (Å²) in [5.41, 5.74) is 1.48. The van der Waals surface area contributed by atoms with E-state index >= 15 is 0 Å². The van der Waals surface area contributed by atoms with E-state index in [-0.39, 0.29) is 0 Å². The molecule has 0 bridgehead atoms. The zero-order valence-electron chi connectivity index (χ0n) is 9.76. The molecular weight excluding hydrogens is 225 g/mol. The zero-order valence-corrected chi connectivity index (χ0v) is 9.76. The predicted octanol–water partition coefficient (Wildman–Crippen LogP) is 4.84. The van der Waals surface area contributed by atoms with E-state index in [1.165, 1.54) is 19.3 Å². The first-order valence-corrected chi connectivity index (χ1v) is 6.20. The van der Waals surface area contributed by atoms with Crippen LogP contribution in [0.5, 0.6) is 0 Å². The minimum Gasteiger partial charge on any atom is -0.171 e. The highest BCUT2D eigenvalue weighted by molar-refractivity contribution is 5.27. The van der Waals surface area contributed by atoms with Crippen molar-refractivity contribution < 1.29 is 13.2 Å². The Bertz CT molecular complexity index is 362. The van der Waals surface area contributed by atoms with Crippen LogP contribution in [0.4, 0.5) is 13.2 Å². The number of hydrogen-bond donors (Lipinski definition) is 0. The highest BCUT2D eigenvalue weighted by atomic mass is 19.4. The molecule has 0 N–H and O–H groups in total. The van der Waals surface area contributed by atoms with E-state index in [1.807, 2.05) is 6.07 Å². The van der Waals surface area contributed by atoms with Gasteiger partial charge in [0.1, 0.15) is 0 Å². The summed E-state index contributed by atoms with van der Waals surface area (Å²) in [6.45, 7) is 0. The second-order valence-electron chi connectivity index (χ2n) is 4.87. The van der Waals surface area contributed by atoms with E-state index in [1.54, 1.807) is 18.2 Å². The molecule has 1 aromatic carbocycles. The molecule has 0 unspecified atom stereocenters. The third-order valence-electron chi connectivity index (χ3n) is 3.43. The monoisotopic (exact) mass is 242 g/mol. The quantitative estimate of drug-likeness (QED) is 0.696. The molecule has 2 rings (SSSR count). The average Bonchev–Trinajstić information content (AvgIpc) is 2.28. The fraction of sp³-hybridized carbons (Fsp3) is 0.571. The maximum atomic E-state index is 12.3. The molecule has 17 heavy (non-hydrogen) atoms. The van der Waals surface area contributed by atoms with Gasteiger partial charge >= 0.3 is 6.18 Å². The van der Waals surface area contributed by atoms with E-state index in [4.69, 9.17) is 0 Å². The fourth-order valence-corrected chi connectivity index (χ4v) is 2.62. The van der Waals surface area contributed by atoms with Crippen molar-refractivity contribution in [1.29, 1.82) is 0 Å². The lowest BCUT2D eigenvalue weighted by molar-refractivity contribution is -0.127. The minimum atomic E-state index is -4.11. The van der Waals surface area contributed by atoms with Crippen LogP contribution in [0.1, 0.15) is 49.1 Å². The Hall–Kier alpha value is -0.990. The van der Waals surface area contributed by atoms with Gasteiger partial charge in [-0.25, -0.2) is 0 Å². The molecule has 0 aliphatic heterocycles. The van der Waals surface area contributed by atoms with Gasteiger partial charge in [-0.05, 0) is 29.9 Å².